The summed E-state index contributed by atoms with van der Waals surface area (Å²) in [5, 5.41) is 0. The molecule has 0 aliphatic carbocycles. The number of ether oxygens (including phenoxy) is 3. The van der Waals surface area contributed by atoms with Gasteiger partial charge in [-0.1, -0.05) is 6.58 Å². The average molecular weight is 425 g/mol. The highest BCUT2D eigenvalue weighted by Crippen LogP contribution is 2.28. The molecule has 0 atom stereocenters. The third-order valence-electron chi connectivity index (χ3n) is 4.95. The lowest BCUT2D eigenvalue weighted by molar-refractivity contribution is 0.109. The van der Waals surface area contributed by atoms with Crippen LogP contribution in [0.4, 0.5) is 5.69 Å². The van der Waals surface area contributed by atoms with Crippen molar-refractivity contribution in [1.29, 1.82) is 0 Å². The van der Waals surface area contributed by atoms with Crippen molar-refractivity contribution in [3.63, 3.8) is 0 Å². The standard InChI is InChI=1S/C24H32N4O3/c1-18(2)17-31-21-8-5-19(6-9-21)24-22(16-27(11-13-29-3)12-14-30-4)28-15-20(25)7-10-23(28)26-24/h5-10,15H,1,11-14,16-17,25H2,2-4H3. The molecule has 0 bridgehead atoms. The third-order valence-corrected chi connectivity index (χ3v) is 4.95. The molecule has 0 radical (unpaired) electrons. The summed E-state index contributed by atoms with van der Waals surface area (Å²) in [5.74, 6) is 0.808. The zero-order valence-electron chi connectivity index (χ0n) is 18.6. The molecule has 0 aliphatic heterocycles. The SMILES string of the molecule is C=C(C)COc1ccc(-c2nc3ccc(N)cn3c2CN(CCOC)CCOC)cc1. The summed E-state index contributed by atoms with van der Waals surface area (Å²) in [6.07, 6.45) is 1.93. The summed E-state index contributed by atoms with van der Waals surface area (Å²) in [6, 6.07) is 11.8. The van der Waals surface area contributed by atoms with Crippen LogP contribution in [0.3, 0.4) is 0 Å². The maximum absolute atomic E-state index is 6.08. The average Bonchev–Trinajstić information content (AvgIpc) is 3.11. The highest BCUT2D eigenvalue weighted by atomic mass is 16.5. The normalized spacial score (nSPS) is 11.4. The van der Waals surface area contributed by atoms with Gasteiger partial charge in [0.25, 0.3) is 0 Å². The minimum atomic E-state index is 0.506. The molecular weight excluding hydrogens is 392 g/mol. The number of nitrogens with zero attached hydrogens (tertiary/aromatic N) is 3. The minimum absolute atomic E-state index is 0.506. The minimum Gasteiger partial charge on any atom is -0.489 e. The molecule has 2 aromatic heterocycles. The molecule has 3 rings (SSSR count). The van der Waals surface area contributed by atoms with Crippen LogP contribution in [0, 0.1) is 0 Å². The number of methoxy groups -OCH3 is 2. The summed E-state index contributed by atoms with van der Waals surface area (Å²) in [4.78, 5) is 7.20. The number of nitrogen functional groups attached to an aromatic ring is 1. The van der Waals surface area contributed by atoms with Crippen LogP contribution >= 0.6 is 0 Å². The Morgan fingerprint density at radius 3 is 2.35 bits per heavy atom. The summed E-state index contributed by atoms with van der Waals surface area (Å²) < 4.78 is 18.4. The predicted octanol–water partition coefficient (Wildman–Crippen LogP) is 3.63. The highest BCUT2D eigenvalue weighted by molar-refractivity contribution is 5.68. The van der Waals surface area contributed by atoms with Crippen LogP contribution in [0.1, 0.15) is 12.6 Å². The van der Waals surface area contributed by atoms with E-state index in [0.29, 0.717) is 32.1 Å². The van der Waals surface area contributed by atoms with Gasteiger partial charge in [-0.2, -0.15) is 0 Å². The molecule has 7 heteroatoms. The third kappa shape index (κ3) is 6.07. The van der Waals surface area contributed by atoms with Crippen molar-refractivity contribution in [1.82, 2.24) is 14.3 Å². The molecule has 3 aromatic rings. The van der Waals surface area contributed by atoms with Gasteiger partial charge in [0.2, 0.25) is 0 Å². The van der Waals surface area contributed by atoms with Crippen molar-refractivity contribution >= 4 is 11.3 Å². The number of pyridine rings is 1. The Labute approximate surface area is 184 Å². The van der Waals surface area contributed by atoms with Gasteiger partial charge in [0, 0.05) is 51.3 Å². The Morgan fingerprint density at radius 2 is 1.74 bits per heavy atom. The van der Waals surface area contributed by atoms with Gasteiger partial charge in [-0.3, -0.25) is 4.90 Å². The van der Waals surface area contributed by atoms with Crippen LogP contribution in [0.5, 0.6) is 5.75 Å². The number of hydrogen-bond donors (Lipinski definition) is 1. The van der Waals surface area contributed by atoms with E-state index in [9.17, 15) is 0 Å². The molecule has 0 saturated heterocycles. The Kier molecular flexibility index (Phi) is 8.06. The lowest BCUT2D eigenvalue weighted by Gasteiger charge is -2.22. The monoisotopic (exact) mass is 424 g/mol. The van der Waals surface area contributed by atoms with E-state index in [4.69, 9.17) is 24.9 Å². The highest BCUT2D eigenvalue weighted by Gasteiger charge is 2.18. The summed E-state index contributed by atoms with van der Waals surface area (Å²) in [5.41, 5.74) is 11.7. The number of rotatable bonds is 12. The first-order chi connectivity index (χ1) is 15.0. The molecule has 0 fully saturated rings. The second-order valence-corrected chi connectivity index (χ2v) is 7.63. The first-order valence-electron chi connectivity index (χ1n) is 10.4. The van der Waals surface area contributed by atoms with E-state index in [0.717, 1.165) is 47.0 Å². The molecule has 2 heterocycles. The van der Waals surface area contributed by atoms with Gasteiger partial charge >= 0.3 is 0 Å². The van der Waals surface area contributed by atoms with Gasteiger partial charge in [-0.25, -0.2) is 4.98 Å². The van der Waals surface area contributed by atoms with E-state index in [1.165, 1.54) is 0 Å². The first-order valence-corrected chi connectivity index (χ1v) is 10.4. The summed E-state index contributed by atoms with van der Waals surface area (Å²) in [6.45, 7) is 9.90. The number of fused-ring (bicyclic) bond motifs is 1. The molecule has 0 spiro atoms. The van der Waals surface area contributed by atoms with Crippen LogP contribution in [0.15, 0.2) is 54.7 Å². The molecule has 0 saturated carbocycles. The van der Waals surface area contributed by atoms with E-state index in [1.807, 2.05) is 49.5 Å². The molecule has 0 amide bonds. The first kappa shape index (κ1) is 22.8. The molecule has 2 N–H and O–H groups in total. The van der Waals surface area contributed by atoms with Crippen LogP contribution in [-0.4, -0.2) is 61.4 Å². The van der Waals surface area contributed by atoms with E-state index in [2.05, 4.69) is 15.9 Å². The zero-order valence-corrected chi connectivity index (χ0v) is 18.6. The van der Waals surface area contributed by atoms with Crippen molar-refractivity contribution in [3.05, 3.63) is 60.4 Å². The Morgan fingerprint density at radius 1 is 1.06 bits per heavy atom. The molecule has 0 aliphatic rings. The zero-order chi connectivity index (χ0) is 22.2. The maximum atomic E-state index is 6.08. The van der Waals surface area contributed by atoms with Gasteiger partial charge in [0.1, 0.15) is 18.0 Å². The van der Waals surface area contributed by atoms with Crippen molar-refractivity contribution < 1.29 is 14.2 Å². The Bertz CT molecular complexity index is 990. The molecular formula is C24H32N4O3. The number of benzene rings is 1. The second kappa shape index (κ2) is 10.9. The van der Waals surface area contributed by atoms with Gasteiger partial charge in [-0.05, 0) is 48.9 Å². The molecule has 7 nitrogen and oxygen atoms in total. The van der Waals surface area contributed by atoms with Crippen LogP contribution in [0.25, 0.3) is 16.9 Å². The quantitative estimate of drug-likeness (QED) is 0.448. The molecule has 166 valence electrons. The van der Waals surface area contributed by atoms with Gasteiger partial charge in [0.15, 0.2) is 0 Å². The van der Waals surface area contributed by atoms with Crippen molar-refractivity contribution in [2.45, 2.75) is 13.5 Å². The van der Waals surface area contributed by atoms with Crippen LogP contribution in [0.2, 0.25) is 0 Å². The lowest BCUT2D eigenvalue weighted by Crippen LogP contribution is -2.31. The van der Waals surface area contributed by atoms with E-state index < -0.39 is 0 Å². The largest absolute Gasteiger partial charge is 0.489 e. The molecule has 0 unspecified atom stereocenters. The summed E-state index contributed by atoms with van der Waals surface area (Å²) >= 11 is 0. The number of imidazole rings is 1. The van der Waals surface area contributed by atoms with E-state index in [-0.39, 0.29) is 0 Å². The Balaban J connectivity index is 1.96. The van der Waals surface area contributed by atoms with Crippen molar-refractivity contribution in [3.8, 4) is 17.0 Å². The maximum Gasteiger partial charge on any atom is 0.137 e. The fourth-order valence-electron chi connectivity index (χ4n) is 3.33. The van der Waals surface area contributed by atoms with E-state index >= 15 is 0 Å². The molecule has 1 aromatic carbocycles. The van der Waals surface area contributed by atoms with Crippen molar-refractivity contribution in [2.24, 2.45) is 0 Å². The Hall–Kier alpha value is -2.87. The topological polar surface area (TPSA) is 74.2 Å². The van der Waals surface area contributed by atoms with Crippen molar-refractivity contribution in [2.75, 3.05) is 52.9 Å². The second-order valence-electron chi connectivity index (χ2n) is 7.63. The lowest BCUT2D eigenvalue weighted by atomic mass is 10.1. The fourth-order valence-corrected chi connectivity index (χ4v) is 3.33. The van der Waals surface area contributed by atoms with Gasteiger partial charge in [0.05, 0.1) is 24.6 Å². The fraction of sp³-hybridized carbons (Fsp3) is 0.375. The number of anilines is 1. The predicted molar refractivity (Wildman–Crippen MR) is 124 cm³/mol. The number of hydrogen-bond acceptors (Lipinski definition) is 6. The van der Waals surface area contributed by atoms with E-state index in [1.54, 1.807) is 14.2 Å². The smallest absolute Gasteiger partial charge is 0.137 e. The van der Waals surface area contributed by atoms with Crippen LogP contribution < -0.4 is 10.5 Å². The van der Waals surface area contributed by atoms with Gasteiger partial charge < -0.3 is 24.3 Å². The number of aromatic nitrogens is 2. The molecule has 31 heavy (non-hydrogen) atoms. The van der Waals surface area contributed by atoms with Crippen LogP contribution in [-0.2, 0) is 16.0 Å². The number of nitrogens with two attached hydrogens (primary N) is 1. The summed E-state index contributed by atoms with van der Waals surface area (Å²) in [7, 11) is 3.43. The van der Waals surface area contributed by atoms with Gasteiger partial charge in [-0.15, -0.1) is 0 Å².